The monoisotopic (exact) mass is 531 g/mol. The van der Waals surface area contributed by atoms with Crippen LogP contribution >= 0.6 is 42.6 Å². The van der Waals surface area contributed by atoms with Gasteiger partial charge in [-0.1, -0.05) is 48.8 Å². The van der Waals surface area contributed by atoms with Gasteiger partial charge in [0, 0.05) is 22.1 Å². The Morgan fingerprint density at radius 2 is 1.88 bits per heavy atom. The number of ether oxygens (including phenoxy) is 2. The molecule has 2 heterocycles. The molecular formula is C21H24Cl2N3O5PS. The van der Waals surface area contributed by atoms with E-state index in [9.17, 15) is 4.57 Å². The third-order valence-electron chi connectivity index (χ3n) is 4.41. The first-order valence-electron chi connectivity index (χ1n) is 9.90. The number of hydrogen-bond acceptors (Lipinski definition) is 6. The molecule has 2 N–H and O–H groups in total. The average molecular weight is 532 g/mol. The molecule has 0 atom stereocenters. The SMILES string of the molecule is COCc1nc(C(C)C)c(Sc2cc(Cl)cc(Cl)c2)n1Cc1ccc(OCP(=O)(O)O)cn1. The van der Waals surface area contributed by atoms with Crippen LogP contribution in [-0.2, 0) is 22.5 Å². The summed E-state index contributed by atoms with van der Waals surface area (Å²) in [6.45, 7) is 4.88. The van der Waals surface area contributed by atoms with E-state index >= 15 is 0 Å². The highest BCUT2D eigenvalue weighted by molar-refractivity contribution is 7.99. The fourth-order valence-electron chi connectivity index (χ4n) is 3.00. The van der Waals surface area contributed by atoms with Crippen molar-refractivity contribution in [2.24, 2.45) is 0 Å². The number of hydrogen-bond donors (Lipinski definition) is 2. The first kappa shape index (κ1) is 26.0. The maximum Gasteiger partial charge on any atom is 0.362 e. The van der Waals surface area contributed by atoms with E-state index in [4.69, 9.17) is 47.4 Å². The number of aromatic nitrogens is 3. The van der Waals surface area contributed by atoms with Crippen molar-refractivity contribution in [2.45, 2.75) is 42.8 Å². The molecule has 0 unspecified atom stereocenters. The molecule has 0 saturated heterocycles. The summed E-state index contributed by atoms with van der Waals surface area (Å²) in [7, 11) is -2.65. The fourth-order valence-corrected chi connectivity index (χ4v) is 5.23. The highest BCUT2D eigenvalue weighted by Crippen LogP contribution is 2.38. The lowest BCUT2D eigenvalue weighted by molar-refractivity contribution is 0.174. The van der Waals surface area contributed by atoms with E-state index in [1.54, 1.807) is 25.3 Å². The lowest BCUT2D eigenvalue weighted by atomic mass is 10.1. The number of pyridine rings is 1. The molecule has 2 aromatic heterocycles. The molecule has 8 nitrogen and oxygen atoms in total. The Balaban J connectivity index is 1.94. The van der Waals surface area contributed by atoms with E-state index in [0.29, 0.717) is 23.2 Å². The molecule has 12 heteroatoms. The predicted octanol–water partition coefficient (Wildman–Crippen LogP) is 5.57. The van der Waals surface area contributed by atoms with Crippen molar-refractivity contribution in [3.63, 3.8) is 0 Å². The van der Waals surface area contributed by atoms with Crippen LogP contribution in [-0.4, -0.2) is 37.8 Å². The van der Waals surface area contributed by atoms with Crippen LogP contribution in [0.1, 0.15) is 37.0 Å². The van der Waals surface area contributed by atoms with Crippen LogP contribution in [0.5, 0.6) is 5.75 Å². The molecule has 3 aromatic rings. The maximum absolute atomic E-state index is 11.0. The Hall–Kier alpha value is -1.58. The molecule has 0 saturated carbocycles. The summed E-state index contributed by atoms with van der Waals surface area (Å²) in [5.41, 5.74) is 1.64. The Kier molecular flexibility index (Phi) is 8.86. The van der Waals surface area contributed by atoms with Crippen LogP contribution in [0, 0.1) is 0 Å². The summed E-state index contributed by atoms with van der Waals surface area (Å²) in [5.74, 6) is 1.19. The van der Waals surface area contributed by atoms with E-state index in [1.807, 2.05) is 16.7 Å². The second kappa shape index (κ2) is 11.2. The van der Waals surface area contributed by atoms with E-state index in [1.165, 1.54) is 18.0 Å². The Morgan fingerprint density at radius 3 is 2.42 bits per heavy atom. The van der Waals surface area contributed by atoms with E-state index in [0.717, 1.165) is 27.1 Å². The molecule has 178 valence electrons. The zero-order chi connectivity index (χ0) is 24.2. The molecule has 0 fully saturated rings. The minimum absolute atomic E-state index is 0.162. The Labute approximate surface area is 206 Å². The smallest absolute Gasteiger partial charge is 0.362 e. The minimum Gasteiger partial charge on any atom is -0.479 e. The molecule has 3 rings (SSSR count). The second-order valence-electron chi connectivity index (χ2n) is 7.52. The van der Waals surface area contributed by atoms with Gasteiger partial charge in [0.05, 0.1) is 24.1 Å². The molecule has 0 bridgehead atoms. The highest BCUT2D eigenvalue weighted by atomic mass is 35.5. The summed E-state index contributed by atoms with van der Waals surface area (Å²) in [4.78, 5) is 28.0. The van der Waals surface area contributed by atoms with Gasteiger partial charge in [-0.3, -0.25) is 9.55 Å². The molecule has 0 aliphatic rings. The van der Waals surface area contributed by atoms with Gasteiger partial charge >= 0.3 is 7.60 Å². The van der Waals surface area contributed by atoms with Crippen LogP contribution < -0.4 is 4.74 Å². The van der Waals surface area contributed by atoms with Crippen molar-refractivity contribution in [3.8, 4) is 5.75 Å². The molecule has 0 aliphatic heterocycles. The molecule has 0 radical (unpaired) electrons. The van der Waals surface area contributed by atoms with Crippen LogP contribution in [0.25, 0.3) is 0 Å². The van der Waals surface area contributed by atoms with E-state index < -0.39 is 13.9 Å². The zero-order valence-corrected chi connectivity index (χ0v) is 21.5. The first-order valence-corrected chi connectivity index (χ1v) is 13.3. The van der Waals surface area contributed by atoms with Gasteiger partial charge in [0.1, 0.15) is 23.2 Å². The summed E-state index contributed by atoms with van der Waals surface area (Å²) in [5, 5.41) is 2.03. The van der Waals surface area contributed by atoms with Gasteiger partial charge < -0.3 is 23.8 Å². The number of halogens is 2. The molecule has 33 heavy (non-hydrogen) atoms. The first-order chi connectivity index (χ1) is 15.6. The number of benzene rings is 1. The van der Waals surface area contributed by atoms with Crippen molar-refractivity contribution in [3.05, 3.63) is 63.8 Å². The van der Waals surface area contributed by atoms with Crippen LogP contribution in [0.3, 0.4) is 0 Å². The van der Waals surface area contributed by atoms with Gasteiger partial charge in [0.2, 0.25) is 0 Å². The Bertz CT molecular complexity index is 1130. The molecule has 1 aromatic carbocycles. The van der Waals surface area contributed by atoms with E-state index in [2.05, 4.69) is 18.8 Å². The van der Waals surface area contributed by atoms with Crippen LogP contribution in [0.4, 0.5) is 0 Å². The van der Waals surface area contributed by atoms with Crippen molar-refractivity contribution in [1.82, 2.24) is 14.5 Å². The summed E-state index contributed by atoms with van der Waals surface area (Å²) in [6.07, 6.45) is 0.735. The number of nitrogens with zero attached hydrogens (tertiary/aromatic N) is 3. The minimum atomic E-state index is -4.26. The predicted molar refractivity (Wildman–Crippen MR) is 128 cm³/mol. The van der Waals surface area contributed by atoms with Crippen molar-refractivity contribution >= 4 is 42.6 Å². The largest absolute Gasteiger partial charge is 0.479 e. The summed E-state index contributed by atoms with van der Waals surface area (Å²) >= 11 is 13.9. The van der Waals surface area contributed by atoms with Crippen molar-refractivity contribution in [1.29, 1.82) is 0 Å². The van der Waals surface area contributed by atoms with Gasteiger partial charge in [-0.05, 0) is 36.2 Å². The lowest BCUT2D eigenvalue weighted by Crippen LogP contribution is -2.09. The normalized spacial score (nSPS) is 11.9. The second-order valence-corrected chi connectivity index (χ2v) is 11.0. The van der Waals surface area contributed by atoms with Gasteiger partial charge in [0.15, 0.2) is 6.35 Å². The number of rotatable bonds is 10. The van der Waals surface area contributed by atoms with Crippen LogP contribution in [0.15, 0.2) is 46.5 Å². The standard InChI is InChI=1S/C21H24Cl2N3O5PS/c1-13(2)20-21(33-18-7-14(22)6-15(23)8-18)26(19(25-20)11-30-3)10-16-4-5-17(9-24-16)31-12-32(27,28)29/h4-9,13H,10-12H2,1-3H3,(H2,27,28,29). The van der Waals surface area contributed by atoms with Crippen molar-refractivity contribution in [2.75, 3.05) is 13.5 Å². The Morgan fingerprint density at radius 1 is 1.18 bits per heavy atom. The molecule has 0 aliphatic carbocycles. The topological polar surface area (TPSA) is 107 Å². The van der Waals surface area contributed by atoms with E-state index in [-0.39, 0.29) is 11.7 Å². The lowest BCUT2D eigenvalue weighted by Gasteiger charge is -2.14. The van der Waals surface area contributed by atoms with Gasteiger partial charge in [-0.25, -0.2) is 4.98 Å². The van der Waals surface area contributed by atoms with Crippen molar-refractivity contribution < 1.29 is 23.8 Å². The molecular weight excluding hydrogens is 508 g/mol. The average Bonchev–Trinajstić information content (AvgIpc) is 3.04. The summed E-state index contributed by atoms with van der Waals surface area (Å²) in [6, 6.07) is 8.75. The third-order valence-corrected chi connectivity index (χ3v) is 6.41. The van der Waals surface area contributed by atoms with Crippen LogP contribution in [0.2, 0.25) is 10.0 Å². The maximum atomic E-state index is 11.0. The summed E-state index contributed by atoms with van der Waals surface area (Å²) < 4.78 is 23.5. The van der Waals surface area contributed by atoms with Gasteiger partial charge in [-0.15, -0.1) is 0 Å². The molecule has 0 spiro atoms. The quantitative estimate of drug-likeness (QED) is 0.327. The zero-order valence-electron chi connectivity index (χ0n) is 18.2. The third kappa shape index (κ3) is 7.45. The highest BCUT2D eigenvalue weighted by Gasteiger charge is 2.21. The number of methoxy groups -OCH3 is 1. The number of imidazole rings is 1. The molecule has 0 amide bonds. The van der Waals surface area contributed by atoms with Gasteiger partial charge in [-0.2, -0.15) is 0 Å². The van der Waals surface area contributed by atoms with Gasteiger partial charge in [0.25, 0.3) is 0 Å². The fraction of sp³-hybridized carbons (Fsp3) is 0.333.